The molecule has 3 heterocycles. The zero-order valence-electron chi connectivity index (χ0n) is 14.5. The van der Waals surface area contributed by atoms with Crippen LogP contribution in [0.15, 0.2) is 6.20 Å². The van der Waals surface area contributed by atoms with Crippen LogP contribution >= 0.6 is 11.3 Å². The van der Waals surface area contributed by atoms with Gasteiger partial charge in [0.25, 0.3) is 0 Å². The van der Waals surface area contributed by atoms with E-state index in [1.165, 1.54) is 9.88 Å². The van der Waals surface area contributed by atoms with Crippen LogP contribution < -0.4 is 0 Å². The zero-order valence-corrected chi connectivity index (χ0v) is 15.3. The minimum atomic E-state index is 0.213. The Bertz CT molecular complexity index is 542. The average molecular weight is 353 g/mol. The maximum Gasteiger partial charge on any atom is 0.236 e. The summed E-state index contributed by atoms with van der Waals surface area (Å²) >= 11 is 1.76. The molecule has 7 heteroatoms. The maximum absolute atomic E-state index is 12.7. The molecule has 2 aliphatic rings. The lowest BCUT2D eigenvalue weighted by Gasteiger charge is -2.37. The van der Waals surface area contributed by atoms with E-state index >= 15 is 0 Å². The Labute approximate surface area is 148 Å². The van der Waals surface area contributed by atoms with E-state index in [0.29, 0.717) is 12.5 Å². The monoisotopic (exact) mass is 352 g/mol. The largest absolute Gasteiger partial charge is 0.395 e. The van der Waals surface area contributed by atoms with Crippen LogP contribution in [0.5, 0.6) is 0 Å². The van der Waals surface area contributed by atoms with Gasteiger partial charge < -0.3 is 10.0 Å². The number of nitrogens with zero attached hydrogens (tertiary/aromatic N) is 4. The molecular weight excluding hydrogens is 324 g/mol. The number of amides is 1. The zero-order chi connectivity index (χ0) is 16.9. The molecular formula is C17H28N4O2S. The van der Waals surface area contributed by atoms with Crippen LogP contribution in [0, 0.1) is 6.92 Å². The fraction of sp³-hybridized carbons (Fsp3) is 0.765. The summed E-state index contributed by atoms with van der Waals surface area (Å²) in [7, 11) is 0. The molecule has 0 spiro atoms. The molecule has 2 aliphatic heterocycles. The van der Waals surface area contributed by atoms with Crippen molar-refractivity contribution < 1.29 is 9.90 Å². The predicted molar refractivity (Wildman–Crippen MR) is 95.4 cm³/mol. The molecule has 1 atom stereocenters. The smallest absolute Gasteiger partial charge is 0.236 e. The van der Waals surface area contributed by atoms with E-state index in [2.05, 4.69) is 21.7 Å². The molecule has 3 rings (SSSR count). The molecule has 0 aromatic carbocycles. The highest BCUT2D eigenvalue weighted by Gasteiger charge is 2.28. The van der Waals surface area contributed by atoms with Crippen LogP contribution in [0.2, 0.25) is 0 Å². The summed E-state index contributed by atoms with van der Waals surface area (Å²) in [6.07, 6.45) is 4.14. The number of aliphatic hydroxyl groups excluding tert-OH is 1. The standard InChI is InChI=1S/C17H28N4O2S/c1-14-11-18-17(24-14)15-3-2-4-21(12-15)16(23)13-20-7-5-19(6-8-20)9-10-22/h11,15,22H,2-10,12-13H2,1H3/t15-/m0/s1. The van der Waals surface area contributed by atoms with Crippen LogP contribution in [0.1, 0.15) is 28.6 Å². The lowest BCUT2D eigenvalue weighted by Crippen LogP contribution is -2.51. The molecule has 0 radical (unpaired) electrons. The van der Waals surface area contributed by atoms with Crippen molar-refractivity contribution in [1.82, 2.24) is 19.7 Å². The first-order valence-corrected chi connectivity index (χ1v) is 9.73. The molecule has 6 nitrogen and oxygen atoms in total. The molecule has 1 aromatic rings. The van der Waals surface area contributed by atoms with Gasteiger partial charge in [0, 0.05) is 62.8 Å². The normalized spacial score (nSPS) is 23.6. The molecule has 1 N–H and O–H groups in total. The van der Waals surface area contributed by atoms with Gasteiger partial charge in [0.05, 0.1) is 18.2 Å². The molecule has 0 unspecified atom stereocenters. The third-order valence-electron chi connectivity index (χ3n) is 5.00. The number of thiazole rings is 1. The van der Waals surface area contributed by atoms with Crippen LogP contribution in [0.25, 0.3) is 0 Å². The fourth-order valence-corrected chi connectivity index (χ4v) is 4.47. The predicted octanol–water partition coefficient (Wildman–Crippen LogP) is 0.767. The van der Waals surface area contributed by atoms with E-state index in [9.17, 15) is 4.79 Å². The van der Waals surface area contributed by atoms with Crippen molar-refractivity contribution in [3.63, 3.8) is 0 Å². The molecule has 2 fully saturated rings. The molecule has 0 aliphatic carbocycles. The van der Waals surface area contributed by atoms with Gasteiger partial charge in [0.1, 0.15) is 0 Å². The summed E-state index contributed by atoms with van der Waals surface area (Å²) < 4.78 is 0. The van der Waals surface area contributed by atoms with Crippen molar-refractivity contribution in [2.75, 3.05) is 59.0 Å². The van der Waals surface area contributed by atoms with Crippen molar-refractivity contribution in [1.29, 1.82) is 0 Å². The molecule has 1 amide bonds. The van der Waals surface area contributed by atoms with Crippen LogP contribution in [0.4, 0.5) is 0 Å². The number of carbonyl (C=O) groups is 1. The van der Waals surface area contributed by atoms with E-state index in [4.69, 9.17) is 5.11 Å². The van der Waals surface area contributed by atoms with Gasteiger partial charge in [0.15, 0.2) is 0 Å². The van der Waals surface area contributed by atoms with Crippen molar-refractivity contribution in [2.24, 2.45) is 0 Å². The van der Waals surface area contributed by atoms with Gasteiger partial charge in [0.2, 0.25) is 5.91 Å². The van der Waals surface area contributed by atoms with Gasteiger partial charge in [-0.1, -0.05) is 0 Å². The Hall–Kier alpha value is -1.02. The Morgan fingerprint density at radius 3 is 2.71 bits per heavy atom. The maximum atomic E-state index is 12.7. The molecule has 2 saturated heterocycles. The number of aliphatic hydroxyl groups is 1. The van der Waals surface area contributed by atoms with Crippen molar-refractivity contribution in [3.05, 3.63) is 16.1 Å². The van der Waals surface area contributed by atoms with E-state index in [0.717, 1.165) is 58.7 Å². The van der Waals surface area contributed by atoms with E-state index in [-0.39, 0.29) is 12.5 Å². The lowest BCUT2D eigenvalue weighted by atomic mass is 9.98. The summed E-state index contributed by atoms with van der Waals surface area (Å²) in [5, 5.41) is 10.2. The van der Waals surface area contributed by atoms with Crippen LogP contribution in [-0.4, -0.2) is 89.7 Å². The Kier molecular flexibility index (Phi) is 6.21. The number of aryl methyl sites for hydroxylation is 1. The highest BCUT2D eigenvalue weighted by atomic mass is 32.1. The summed E-state index contributed by atoms with van der Waals surface area (Å²) in [5.41, 5.74) is 0. The van der Waals surface area contributed by atoms with Crippen molar-refractivity contribution in [2.45, 2.75) is 25.7 Å². The van der Waals surface area contributed by atoms with E-state index in [1.807, 2.05) is 11.1 Å². The molecule has 0 saturated carbocycles. The minimum Gasteiger partial charge on any atom is -0.395 e. The highest BCUT2D eigenvalue weighted by Crippen LogP contribution is 2.29. The lowest BCUT2D eigenvalue weighted by molar-refractivity contribution is -0.134. The Balaban J connectivity index is 1.48. The molecule has 134 valence electrons. The number of piperidine rings is 1. The number of rotatable bonds is 5. The summed E-state index contributed by atoms with van der Waals surface area (Å²) in [6.45, 7) is 8.96. The first-order chi connectivity index (χ1) is 11.7. The third-order valence-corrected chi connectivity index (χ3v) is 6.08. The molecule has 0 bridgehead atoms. The van der Waals surface area contributed by atoms with Gasteiger partial charge in [-0.25, -0.2) is 4.98 Å². The van der Waals surface area contributed by atoms with Crippen LogP contribution in [0.3, 0.4) is 0 Å². The minimum absolute atomic E-state index is 0.213. The second-order valence-corrected chi connectivity index (χ2v) is 8.10. The number of aromatic nitrogens is 1. The quantitative estimate of drug-likeness (QED) is 0.848. The first kappa shape index (κ1) is 17.8. The Morgan fingerprint density at radius 2 is 2.04 bits per heavy atom. The number of β-amino-alcohol motifs (C(OH)–C–C–N with tert-alkyl or cyclic N) is 1. The number of hydrogen-bond donors (Lipinski definition) is 1. The summed E-state index contributed by atoms with van der Waals surface area (Å²) in [6, 6.07) is 0. The van der Waals surface area contributed by atoms with Crippen molar-refractivity contribution >= 4 is 17.2 Å². The number of piperazine rings is 1. The first-order valence-electron chi connectivity index (χ1n) is 8.91. The second-order valence-electron chi connectivity index (χ2n) is 6.83. The van der Waals surface area contributed by atoms with Crippen LogP contribution in [-0.2, 0) is 4.79 Å². The average Bonchev–Trinajstić information content (AvgIpc) is 3.03. The van der Waals surface area contributed by atoms with Gasteiger partial charge in [-0.05, 0) is 19.8 Å². The molecule has 24 heavy (non-hydrogen) atoms. The highest BCUT2D eigenvalue weighted by molar-refractivity contribution is 7.11. The van der Waals surface area contributed by atoms with Crippen molar-refractivity contribution in [3.8, 4) is 0 Å². The van der Waals surface area contributed by atoms with Gasteiger partial charge in [-0.3, -0.25) is 14.6 Å². The topological polar surface area (TPSA) is 59.9 Å². The number of hydrogen-bond acceptors (Lipinski definition) is 6. The SMILES string of the molecule is Cc1cnc([C@H]2CCCN(C(=O)CN3CCN(CCO)CC3)C2)s1. The summed E-state index contributed by atoms with van der Waals surface area (Å²) in [4.78, 5) is 25.0. The third kappa shape index (κ3) is 4.53. The fourth-order valence-electron chi connectivity index (χ4n) is 3.57. The van der Waals surface area contributed by atoms with Gasteiger partial charge >= 0.3 is 0 Å². The van der Waals surface area contributed by atoms with E-state index in [1.54, 1.807) is 11.3 Å². The number of carbonyl (C=O) groups excluding carboxylic acids is 1. The summed E-state index contributed by atoms with van der Waals surface area (Å²) in [5.74, 6) is 0.659. The van der Waals surface area contributed by atoms with E-state index < -0.39 is 0 Å². The Morgan fingerprint density at radius 1 is 1.29 bits per heavy atom. The second kappa shape index (κ2) is 8.38. The van der Waals surface area contributed by atoms with Gasteiger partial charge in [-0.15, -0.1) is 11.3 Å². The van der Waals surface area contributed by atoms with Gasteiger partial charge in [-0.2, -0.15) is 0 Å². The number of likely N-dealkylation sites (tertiary alicyclic amines) is 1. The molecule has 1 aromatic heterocycles.